The summed E-state index contributed by atoms with van der Waals surface area (Å²) in [6.45, 7) is 0. The highest BCUT2D eigenvalue weighted by molar-refractivity contribution is 9.10. The van der Waals surface area contributed by atoms with E-state index in [1.807, 2.05) is 18.2 Å². The highest BCUT2D eigenvalue weighted by Gasteiger charge is 2.31. The molecular formula is C17H13BrF3N. The van der Waals surface area contributed by atoms with Gasteiger partial charge in [-0.25, -0.2) is 0 Å². The Kier molecular flexibility index (Phi) is 4.82. The molecule has 0 aliphatic heterocycles. The molecule has 0 aliphatic rings. The zero-order valence-electron chi connectivity index (χ0n) is 12.0. The highest BCUT2D eigenvalue weighted by atomic mass is 79.9. The van der Waals surface area contributed by atoms with Crippen LogP contribution in [0.3, 0.4) is 0 Å². The second-order valence-corrected chi connectivity index (χ2v) is 5.71. The fourth-order valence-corrected chi connectivity index (χ4v) is 2.28. The predicted molar refractivity (Wildman–Crippen MR) is 85.9 cm³/mol. The Morgan fingerprint density at radius 3 is 2.18 bits per heavy atom. The zero-order valence-corrected chi connectivity index (χ0v) is 13.6. The van der Waals surface area contributed by atoms with E-state index in [2.05, 4.69) is 27.8 Å². The summed E-state index contributed by atoms with van der Waals surface area (Å²) in [7, 11) is 3.54. The molecule has 0 amide bonds. The number of rotatable bonds is 1. The molecule has 1 nitrogen and oxygen atoms in total. The summed E-state index contributed by atoms with van der Waals surface area (Å²) in [5.74, 6) is 5.75. The van der Waals surface area contributed by atoms with Crippen molar-refractivity contribution in [2.45, 2.75) is 6.18 Å². The van der Waals surface area contributed by atoms with E-state index in [4.69, 9.17) is 0 Å². The number of hydrogen-bond acceptors (Lipinski definition) is 1. The molecule has 0 saturated carbocycles. The van der Waals surface area contributed by atoms with Gasteiger partial charge >= 0.3 is 6.18 Å². The van der Waals surface area contributed by atoms with Gasteiger partial charge in [0.05, 0.1) is 11.3 Å². The normalized spacial score (nSPS) is 10.8. The van der Waals surface area contributed by atoms with Gasteiger partial charge in [0.25, 0.3) is 0 Å². The van der Waals surface area contributed by atoms with Gasteiger partial charge in [0, 0.05) is 29.7 Å². The SMILES string of the molecule is CN(C)c1ccc(C(F)(F)F)cc1C#Cc1ccccc1Br. The molecule has 22 heavy (non-hydrogen) atoms. The molecule has 2 rings (SSSR count). The third kappa shape index (κ3) is 3.83. The van der Waals surface area contributed by atoms with Crippen molar-refractivity contribution in [3.8, 4) is 11.8 Å². The Hall–Kier alpha value is -1.93. The molecule has 114 valence electrons. The van der Waals surface area contributed by atoms with Crippen LogP contribution in [-0.4, -0.2) is 14.1 Å². The first-order chi connectivity index (χ1) is 10.3. The second-order valence-electron chi connectivity index (χ2n) is 4.85. The average Bonchev–Trinajstić information content (AvgIpc) is 2.45. The van der Waals surface area contributed by atoms with Gasteiger partial charge in [0.1, 0.15) is 0 Å². The Morgan fingerprint density at radius 2 is 1.59 bits per heavy atom. The molecule has 0 aromatic heterocycles. The van der Waals surface area contributed by atoms with Crippen molar-refractivity contribution in [1.82, 2.24) is 0 Å². The Bertz CT molecular complexity index is 740. The van der Waals surface area contributed by atoms with Crippen molar-refractivity contribution in [3.05, 3.63) is 63.6 Å². The smallest absolute Gasteiger partial charge is 0.377 e. The minimum atomic E-state index is -4.38. The van der Waals surface area contributed by atoms with Gasteiger partial charge in [-0.05, 0) is 46.3 Å². The molecule has 0 saturated heterocycles. The number of anilines is 1. The van der Waals surface area contributed by atoms with Gasteiger partial charge in [-0.15, -0.1) is 0 Å². The fourth-order valence-electron chi connectivity index (χ4n) is 1.90. The third-order valence-corrected chi connectivity index (χ3v) is 3.70. The lowest BCUT2D eigenvalue weighted by atomic mass is 10.1. The van der Waals surface area contributed by atoms with Crippen molar-refractivity contribution in [2.24, 2.45) is 0 Å². The van der Waals surface area contributed by atoms with Crippen LogP contribution in [0.5, 0.6) is 0 Å². The van der Waals surface area contributed by atoms with E-state index >= 15 is 0 Å². The standard InChI is InChI=1S/C17H13BrF3N/c1-22(2)16-10-9-14(17(19,20)21)11-13(16)8-7-12-5-3-4-6-15(12)18/h3-6,9-11H,1-2H3. The third-order valence-electron chi connectivity index (χ3n) is 3.01. The van der Waals surface area contributed by atoms with Crippen LogP contribution < -0.4 is 4.90 Å². The van der Waals surface area contributed by atoms with Gasteiger partial charge in [0.2, 0.25) is 0 Å². The summed E-state index contributed by atoms with van der Waals surface area (Å²) in [5.41, 5.74) is 1.02. The van der Waals surface area contributed by atoms with Crippen LogP contribution in [0.25, 0.3) is 0 Å². The molecule has 0 heterocycles. The van der Waals surface area contributed by atoms with Gasteiger partial charge in [-0.1, -0.05) is 24.0 Å². The summed E-state index contributed by atoms with van der Waals surface area (Å²) in [6.07, 6.45) is -4.38. The molecule has 0 unspecified atom stereocenters. The first kappa shape index (κ1) is 16.4. The van der Waals surface area contributed by atoms with Crippen LogP contribution in [0.1, 0.15) is 16.7 Å². The number of halogens is 4. The monoisotopic (exact) mass is 367 g/mol. The van der Waals surface area contributed by atoms with Gasteiger partial charge in [-0.2, -0.15) is 13.2 Å². The van der Waals surface area contributed by atoms with Gasteiger partial charge in [-0.3, -0.25) is 0 Å². The Morgan fingerprint density at radius 1 is 0.955 bits per heavy atom. The quantitative estimate of drug-likeness (QED) is 0.645. The lowest BCUT2D eigenvalue weighted by molar-refractivity contribution is -0.137. The lowest BCUT2D eigenvalue weighted by Gasteiger charge is -2.16. The second kappa shape index (κ2) is 6.45. The molecule has 0 radical (unpaired) electrons. The topological polar surface area (TPSA) is 3.24 Å². The minimum Gasteiger partial charge on any atom is -0.377 e. The maximum Gasteiger partial charge on any atom is 0.416 e. The van der Waals surface area contributed by atoms with Crippen LogP contribution in [0.2, 0.25) is 0 Å². The van der Waals surface area contributed by atoms with Crippen molar-refractivity contribution in [2.75, 3.05) is 19.0 Å². The number of nitrogens with zero attached hydrogens (tertiary/aromatic N) is 1. The number of hydrogen-bond donors (Lipinski definition) is 0. The number of alkyl halides is 3. The van der Waals surface area contributed by atoms with E-state index in [0.29, 0.717) is 11.3 Å². The number of benzene rings is 2. The van der Waals surface area contributed by atoms with Crippen molar-refractivity contribution in [1.29, 1.82) is 0 Å². The van der Waals surface area contributed by atoms with Crippen LogP contribution in [0, 0.1) is 11.8 Å². The van der Waals surface area contributed by atoms with Crippen molar-refractivity contribution >= 4 is 21.6 Å². The van der Waals surface area contributed by atoms with Crippen molar-refractivity contribution in [3.63, 3.8) is 0 Å². The first-order valence-corrected chi connectivity index (χ1v) is 7.23. The first-order valence-electron chi connectivity index (χ1n) is 6.44. The molecule has 0 fully saturated rings. The fraction of sp³-hybridized carbons (Fsp3) is 0.176. The summed E-state index contributed by atoms with van der Waals surface area (Å²) in [6, 6.07) is 10.9. The summed E-state index contributed by atoms with van der Waals surface area (Å²) in [5, 5.41) is 0. The van der Waals surface area contributed by atoms with E-state index in [1.165, 1.54) is 6.07 Å². The zero-order chi connectivity index (χ0) is 16.3. The molecule has 0 atom stereocenters. The Labute approximate surface area is 135 Å². The van der Waals surface area contributed by atoms with Crippen LogP contribution in [0.15, 0.2) is 46.9 Å². The predicted octanol–water partition coefficient (Wildman–Crippen LogP) is 4.93. The summed E-state index contributed by atoms with van der Waals surface area (Å²) >= 11 is 3.37. The van der Waals surface area contributed by atoms with E-state index in [0.717, 1.165) is 22.2 Å². The maximum absolute atomic E-state index is 12.9. The van der Waals surface area contributed by atoms with Gasteiger partial charge in [0.15, 0.2) is 0 Å². The Balaban J connectivity index is 2.52. The molecular weight excluding hydrogens is 355 g/mol. The van der Waals surface area contributed by atoms with E-state index in [9.17, 15) is 13.2 Å². The molecule has 0 N–H and O–H groups in total. The lowest BCUT2D eigenvalue weighted by Crippen LogP contribution is -2.12. The largest absolute Gasteiger partial charge is 0.416 e. The molecule has 2 aromatic rings. The van der Waals surface area contributed by atoms with Crippen LogP contribution in [-0.2, 0) is 6.18 Å². The molecule has 0 aliphatic carbocycles. The van der Waals surface area contributed by atoms with Crippen LogP contribution in [0.4, 0.5) is 18.9 Å². The summed E-state index contributed by atoms with van der Waals surface area (Å²) < 4.78 is 39.4. The van der Waals surface area contributed by atoms with Gasteiger partial charge < -0.3 is 4.90 Å². The maximum atomic E-state index is 12.9. The average molecular weight is 368 g/mol. The molecule has 2 aromatic carbocycles. The van der Waals surface area contributed by atoms with E-state index in [1.54, 1.807) is 25.1 Å². The summed E-state index contributed by atoms with van der Waals surface area (Å²) in [4.78, 5) is 1.74. The molecule has 0 bridgehead atoms. The minimum absolute atomic E-state index is 0.343. The highest BCUT2D eigenvalue weighted by Crippen LogP contribution is 2.32. The van der Waals surface area contributed by atoms with E-state index < -0.39 is 11.7 Å². The van der Waals surface area contributed by atoms with E-state index in [-0.39, 0.29) is 0 Å². The molecule has 0 spiro atoms. The molecule has 5 heteroatoms. The van der Waals surface area contributed by atoms with Crippen molar-refractivity contribution < 1.29 is 13.2 Å². The van der Waals surface area contributed by atoms with Crippen LogP contribution >= 0.6 is 15.9 Å².